The van der Waals surface area contributed by atoms with E-state index in [4.69, 9.17) is 23.2 Å². The van der Waals surface area contributed by atoms with E-state index >= 15 is 0 Å². The molecule has 0 atom stereocenters. The fourth-order valence-electron chi connectivity index (χ4n) is 2.21. The molecule has 0 bridgehead atoms. The van der Waals surface area contributed by atoms with Crippen LogP contribution in [0.25, 0.3) is 0 Å². The Balaban J connectivity index is 1.83. The number of rotatable bonds is 4. The van der Waals surface area contributed by atoms with Crippen LogP contribution in [0.1, 0.15) is 26.4 Å². The molecular weight excluding hydrogens is 389 g/mol. The molecule has 0 radical (unpaired) electrons. The first-order valence-electron chi connectivity index (χ1n) is 7.76. The van der Waals surface area contributed by atoms with Gasteiger partial charge in [0.15, 0.2) is 10.8 Å². The van der Waals surface area contributed by atoms with Gasteiger partial charge in [0, 0.05) is 6.20 Å². The summed E-state index contributed by atoms with van der Waals surface area (Å²) >= 11 is 11.5. The minimum Gasteiger partial charge on any atom is -0.320 e. The standard InChI is InChI=1S/C18H13Cl2N5O2/c1-10-2-4-13(22-18(27)14-5-6-15(20)25-24-14)12(8-10)17(26)23-16-7-3-11(19)9-21-16/h2-9H,1H3,(H,22,27)(H,21,23,26). The summed E-state index contributed by atoms with van der Waals surface area (Å²) in [5.41, 5.74) is 1.54. The summed E-state index contributed by atoms with van der Waals surface area (Å²) in [5.74, 6) is -0.598. The largest absolute Gasteiger partial charge is 0.320 e. The van der Waals surface area contributed by atoms with Crippen LogP contribution in [-0.4, -0.2) is 27.0 Å². The quantitative estimate of drug-likeness (QED) is 0.688. The Morgan fingerprint density at radius 2 is 1.74 bits per heavy atom. The van der Waals surface area contributed by atoms with Gasteiger partial charge in [-0.2, -0.15) is 0 Å². The SMILES string of the molecule is Cc1ccc(NC(=O)c2ccc(Cl)nn2)c(C(=O)Nc2ccc(Cl)cn2)c1. The van der Waals surface area contributed by atoms with Gasteiger partial charge in [0.05, 0.1) is 16.3 Å². The first kappa shape index (κ1) is 18.8. The predicted octanol–water partition coefficient (Wildman–Crippen LogP) is 3.99. The molecule has 0 unspecified atom stereocenters. The highest BCUT2D eigenvalue weighted by atomic mass is 35.5. The number of anilines is 2. The Labute approximate surface area is 164 Å². The van der Waals surface area contributed by atoms with Crippen LogP contribution in [0, 0.1) is 6.92 Å². The molecule has 0 fully saturated rings. The van der Waals surface area contributed by atoms with Crippen molar-refractivity contribution < 1.29 is 9.59 Å². The monoisotopic (exact) mass is 401 g/mol. The van der Waals surface area contributed by atoms with Crippen molar-refractivity contribution in [2.45, 2.75) is 6.92 Å². The number of hydrogen-bond acceptors (Lipinski definition) is 5. The number of aromatic nitrogens is 3. The Morgan fingerprint density at radius 1 is 0.926 bits per heavy atom. The first-order chi connectivity index (χ1) is 12.9. The van der Waals surface area contributed by atoms with E-state index in [-0.39, 0.29) is 16.4 Å². The number of hydrogen-bond donors (Lipinski definition) is 2. The lowest BCUT2D eigenvalue weighted by molar-refractivity contribution is 0.102. The number of carbonyl (C=O) groups excluding carboxylic acids is 2. The number of amides is 2. The summed E-state index contributed by atoms with van der Waals surface area (Å²) in [6, 6.07) is 11.2. The van der Waals surface area contributed by atoms with Crippen molar-refractivity contribution in [3.8, 4) is 0 Å². The van der Waals surface area contributed by atoms with E-state index in [2.05, 4.69) is 25.8 Å². The lowest BCUT2D eigenvalue weighted by Crippen LogP contribution is -2.19. The Morgan fingerprint density at radius 3 is 2.41 bits per heavy atom. The summed E-state index contributed by atoms with van der Waals surface area (Å²) in [4.78, 5) is 29.1. The van der Waals surface area contributed by atoms with E-state index in [0.29, 0.717) is 16.5 Å². The molecule has 9 heteroatoms. The Bertz CT molecular complexity index is 992. The first-order valence-corrected chi connectivity index (χ1v) is 8.52. The second-order valence-electron chi connectivity index (χ2n) is 5.56. The highest BCUT2D eigenvalue weighted by Crippen LogP contribution is 2.20. The van der Waals surface area contributed by atoms with Crippen molar-refractivity contribution in [1.29, 1.82) is 0 Å². The molecule has 0 aliphatic heterocycles. The van der Waals surface area contributed by atoms with Crippen LogP contribution in [0.15, 0.2) is 48.7 Å². The second-order valence-corrected chi connectivity index (χ2v) is 6.38. The van der Waals surface area contributed by atoms with Crippen molar-refractivity contribution in [3.63, 3.8) is 0 Å². The number of aryl methyl sites for hydroxylation is 1. The predicted molar refractivity (Wildman–Crippen MR) is 103 cm³/mol. The molecule has 0 saturated carbocycles. The summed E-state index contributed by atoms with van der Waals surface area (Å²) in [6.07, 6.45) is 1.43. The molecule has 1 aromatic carbocycles. The van der Waals surface area contributed by atoms with E-state index in [1.807, 2.05) is 6.92 Å². The molecule has 2 aromatic heterocycles. The summed E-state index contributed by atoms with van der Waals surface area (Å²) < 4.78 is 0. The number of halogens is 2. The minimum atomic E-state index is -0.512. The molecule has 27 heavy (non-hydrogen) atoms. The van der Waals surface area contributed by atoms with Gasteiger partial charge in [-0.25, -0.2) is 4.98 Å². The number of nitrogens with zero attached hydrogens (tertiary/aromatic N) is 3. The van der Waals surface area contributed by atoms with Gasteiger partial charge in [0.1, 0.15) is 5.82 Å². The van der Waals surface area contributed by atoms with Crippen LogP contribution in [-0.2, 0) is 0 Å². The van der Waals surface area contributed by atoms with E-state index in [1.165, 1.54) is 18.3 Å². The molecule has 3 rings (SSSR count). The summed E-state index contributed by atoms with van der Waals surface area (Å²) in [6.45, 7) is 1.84. The van der Waals surface area contributed by atoms with Gasteiger partial charge in [-0.05, 0) is 43.3 Å². The number of benzene rings is 1. The number of pyridine rings is 1. The lowest BCUT2D eigenvalue weighted by Gasteiger charge is -2.12. The van der Waals surface area contributed by atoms with Gasteiger partial charge in [-0.15, -0.1) is 10.2 Å². The second kappa shape index (κ2) is 8.11. The zero-order valence-corrected chi connectivity index (χ0v) is 15.5. The molecule has 0 saturated heterocycles. The maximum absolute atomic E-state index is 12.7. The maximum Gasteiger partial charge on any atom is 0.276 e. The fraction of sp³-hybridized carbons (Fsp3) is 0.0556. The van der Waals surface area contributed by atoms with E-state index in [0.717, 1.165) is 5.56 Å². The molecule has 0 aliphatic rings. The lowest BCUT2D eigenvalue weighted by atomic mass is 10.1. The average Bonchev–Trinajstić information content (AvgIpc) is 2.65. The molecule has 7 nitrogen and oxygen atoms in total. The molecule has 3 aromatic rings. The van der Waals surface area contributed by atoms with Crippen LogP contribution in [0.2, 0.25) is 10.2 Å². The highest BCUT2D eigenvalue weighted by molar-refractivity contribution is 6.30. The third-order valence-electron chi connectivity index (χ3n) is 3.50. The van der Waals surface area contributed by atoms with E-state index in [1.54, 1.807) is 30.3 Å². The van der Waals surface area contributed by atoms with Gasteiger partial charge < -0.3 is 10.6 Å². The van der Waals surface area contributed by atoms with E-state index in [9.17, 15) is 9.59 Å². The summed E-state index contributed by atoms with van der Waals surface area (Å²) in [5, 5.41) is 13.3. The Kier molecular flexibility index (Phi) is 5.63. The van der Waals surface area contributed by atoms with Crippen molar-refractivity contribution in [1.82, 2.24) is 15.2 Å². The van der Waals surface area contributed by atoms with Gasteiger partial charge >= 0.3 is 0 Å². The average molecular weight is 402 g/mol. The van der Waals surface area contributed by atoms with Gasteiger partial charge in [0.2, 0.25) is 0 Å². The normalized spacial score (nSPS) is 10.3. The zero-order valence-electron chi connectivity index (χ0n) is 14.0. The maximum atomic E-state index is 12.7. The third-order valence-corrected chi connectivity index (χ3v) is 3.93. The number of carbonyl (C=O) groups is 2. The molecular formula is C18H13Cl2N5O2. The van der Waals surface area contributed by atoms with Crippen LogP contribution in [0.4, 0.5) is 11.5 Å². The van der Waals surface area contributed by atoms with Crippen LogP contribution in [0.5, 0.6) is 0 Å². The van der Waals surface area contributed by atoms with Crippen molar-refractivity contribution in [2.75, 3.05) is 10.6 Å². The number of nitrogens with one attached hydrogen (secondary N) is 2. The third kappa shape index (κ3) is 4.78. The van der Waals surface area contributed by atoms with Crippen molar-refractivity contribution in [3.05, 3.63) is 75.7 Å². The molecule has 136 valence electrons. The van der Waals surface area contributed by atoms with Crippen molar-refractivity contribution >= 4 is 46.5 Å². The van der Waals surface area contributed by atoms with Crippen LogP contribution >= 0.6 is 23.2 Å². The van der Waals surface area contributed by atoms with Crippen LogP contribution < -0.4 is 10.6 Å². The van der Waals surface area contributed by atoms with Crippen LogP contribution in [0.3, 0.4) is 0 Å². The Hall–Kier alpha value is -3.03. The van der Waals surface area contributed by atoms with Gasteiger partial charge in [-0.3, -0.25) is 9.59 Å². The topological polar surface area (TPSA) is 96.9 Å². The molecule has 2 amide bonds. The summed E-state index contributed by atoms with van der Waals surface area (Å²) in [7, 11) is 0. The highest BCUT2D eigenvalue weighted by Gasteiger charge is 2.16. The molecule has 2 heterocycles. The smallest absolute Gasteiger partial charge is 0.276 e. The molecule has 0 spiro atoms. The molecule has 0 aliphatic carbocycles. The van der Waals surface area contributed by atoms with E-state index < -0.39 is 11.8 Å². The minimum absolute atomic E-state index is 0.0747. The van der Waals surface area contributed by atoms with Gasteiger partial charge in [-0.1, -0.05) is 34.8 Å². The molecule has 2 N–H and O–H groups in total. The van der Waals surface area contributed by atoms with Gasteiger partial charge in [0.25, 0.3) is 11.8 Å². The zero-order chi connectivity index (χ0) is 19.4. The fourth-order valence-corrected chi connectivity index (χ4v) is 2.42. The van der Waals surface area contributed by atoms with Crippen molar-refractivity contribution in [2.24, 2.45) is 0 Å².